The van der Waals surface area contributed by atoms with Crippen LogP contribution in [0.25, 0.3) is 0 Å². The number of nitriles is 1. The lowest BCUT2D eigenvalue weighted by atomic mass is 9.98. The third-order valence-electron chi connectivity index (χ3n) is 2.39. The third kappa shape index (κ3) is 2.41. The Morgan fingerprint density at radius 3 is 2.69 bits per heavy atom. The number of H-pyrrole nitrogens is 1. The van der Waals surface area contributed by atoms with Crippen molar-refractivity contribution in [3.8, 4) is 6.07 Å². The SMILES string of the molecule is N#CC(Cc1ccc(Cl)cc1)c1c[nH]cn1. The summed E-state index contributed by atoms with van der Waals surface area (Å²) in [5, 5.41) is 9.79. The van der Waals surface area contributed by atoms with E-state index in [1.165, 1.54) is 0 Å². The summed E-state index contributed by atoms with van der Waals surface area (Å²) in [4.78, 5) is 6.95. The fraction of sp³-hybridized carbons (Fsp3) is 0.167. The molecule has 0 bridgehead atoms. The van der Waals surface area contributed by atoms with Gasteiger partial charge in [0.15, 0.2) is 0 Å². The average molecular weight is 232 g/mol. The number of hydrogen-bond donors (Lipinski definition) is 1. The highest BCUT2D eigenvalue weighted by Gasteiger charge is 2.13. The molecule has 0 aliphatic rings. The molecule has 0 radical (unpaired) electrons. The van der Waals surface area contributed by atoms with Crippen LogP contribution >= 0.6 is 11.6 Å². The number of aromatic amines is 1. The summed E-state index contributed by atoms with van der Waals surface area (Å²) in [6.07, 6.45) is 3.99. The van der Waals surface area contributed by atoms with Crippen molar-refractivity contribution in [3.05, 3.63) is 53.1 Å². The Labute approximate surface area is 98.7 Å². The van der Waals surface area contributed by atoms with Crippen molar-refractivity contribution in [2.75, 3.05) is 0 Å². The minimum absolute atomic E-state index is 0.215. The van der Waals surface area contributed by atoms with Crippen LogP contribution in [0.2, 0.25) is 5.02 Å². The Bertz CT molecular complexity index is 482. The van der Waals surface area contributed by atoms with Crippen LogP contribution in [-0.4, -0.2) is 9.97 Å². The number of imidazole rings is 1. The molecule has 2 aromatic rings. The van der Waals surface area contributed by atoms with Gasteiger partial charge >= 0.3 is 0 Å². The monoisotopic (exact) mass is 231 g/mol. The lowest BCUT2D eigenvalue weighted by Gasteiger charge is -2.05. The highest BCUT2D eigenvalue weighted by molar-refractivity contribution is 6.30. The van der Waals surface area contributed by atoms with Crippen molar-refractivity contribution >= 4 is 11.6 Å². The minimum atomic E-state index is -0.215. The van der Waals surface area contributed by atoms with Crippen LogP contribution in [0, 0.1) is 11.3 Å². The number of rotatable bonds is 3. The molecule has 16 heavy (non-hydrogen) atoms. The van der Waals surface area contributed by atoms with E-state index in [-0.39, 0.29) is 5.92 Å². The van der Waals surface area contributed by atoms with Gasteiger partial charge in [0, 0.05) is 11.2 Å². The van der Waals surface area contributed by atoms with E-state index in [2.05, 4.69) is 16.0 Å². The van der Waals surface area contributed by atoms with Crippen molar-refractivity contribution in [1.82, 2.24) is 9.97 Å². The first-order chi connectivity index (χ1) is 7.79. The van der Waals surface area contributed by atoms with E-state index in [1.54, 1.807) is 12.5 Å². The van der Waals surface area contributed by atoms with Crippen LogP contribution in [0.1, 0.15) is 17.2 Å². The fourth-order valence-corrected chi connectivity index (χ4v) is 1.66. The third-order valence-corrected chi connectivity index (χ3v) is 2.64. The van der Waals surface area contributed by atoms with E-state index in [4.69, 9.17) is 16.9 Å². The largest absolute Gasteiger partial charge is 0.351 e. The highest BCUT2D eigenvalue weighted by Crippen LogP contribution is 2.19. The van der Waals surface area contributed by atoms with Gasteiger partial charge in [-0.25, -0.2) is 4.98 Å². The quantitative estimate of drug-likeness (QED) is 0.883. The van der Waals surface area contributed by atoms with Gasteiger partial charge in [0.2, 0.25) is 0 Å². The molecule has 4 heteroatoms. The molecule has 0 aliphatic carbocycles. The maximum atomic E-state index is 9.08. The Morgan fingerprint density at radius 2 is 2.12 bits per heavy atom. The molecule has 0 saturated carbocycles. The molecule has 0 aliphatic heterocycles. The molecule has 1 heterocycles. The van der Waals surface area contributed by atoms with Gasteiger partial charge < -0.3 is 4.98 Å². The van der Waals surface area contributed by atoms with E-state index < -0.39 is 0 Å². The normalized spacial score (nSPS) is 12.0. The van der Waals surface area contributed by atoms with Gasteiger partial charge in [-0.15, -0.1) is 0 Å². The maximum Gasteiger partial charge on any atom is 0.0940 e. The van der Waals surface area contributed by atoms with Crippen molar-refractivity contribution < 1.29 is 0 Å². The van der Waals surface area contributed by atoms with Crippen LogP contribution in [0.3, 0.4) is 0 Å². The van der Waals surface area contributed by atoms with Crippen molar-refractivity contribution in [2.24, 2.45) is 0 Å². The molecule has 2 rings (SSSR count). The molecule has 1 atom stereocenters. The molecule has 1 aromatic carbocycles. The van der Waals surface area contributed by atoms with Crippen LogP contribution in [0.15, 0.2) is 36.8 Å². The summed E-state index contributed by atoms with van der Waals surface area (Å²) in [5.74, 6) is -0.215. The Balaban J connectivity index is 2.14. The smallest absolute Gasteiger partial charge is 0.0940 e. The zero-order valence-corrected chi connectivity index (χ0v) is 9.28. The number of halogens is 1. The molecule has 1 unspecified atom stereocenters. The number of nitrogens with one attached hydrogen (secondary N) is 1. The van der Waals surface area contributed by atoms with E-state index in [9.17, 15) is 0 Å². The van der Waals surface area contributed by atoms with E-state index in [0.717, 1.165) is 11.3 Å². The van der Waals surface area contributed by atoms with Crippen LogP contribution in [0.5, 0.6) is 0 Å². The standard InChI is InChI=1S/C12H10ClN3/c13-11-3-1-9(2-4-11)5-10(6-14)12-7-15-8-16-12/h1-4,7-8,10H,5H2,(H,15,16). The lowest BCUT2D eigenvalue weighted by molar-refractivity contribution is 0.821. The summed E-state index contributed by atoms with van der Waals surface area (Å²) in [6, 6.07) is 9.77. The maximum absolute atomic E-state index is 9.08. The molecular formula is C12H10ClN3. The second-order valence-electron chi connectivity index (χ2n) is 3.51. The van der Waals surface area contributed by atoms with Crippen molar-refractivity contribution in [2.45, 2.75) is 12.3 Å². The van der Waals surface area contributed by atoms with Crippen molar-refractivity contribution in [3.63, 3.8) is 0 Å². The van der Waals surface area contributed by atoms with Gasteiger partial charge in [0.05, 0.1) is 24.0 Å². The first kappa shape index (κ1) is 10.7. The first-order valence-electron chi connectivity index (χ1n) is 4.92. The number of nitrogens with zero attached hydrogens (tertiary/aromatic N) is 2. The number of hydrogen-bond acceptors (Lipinski definition) is 2. The second kappa shape index (κ2) is 4.82. The van der Waals surface area contributed by atoms with E-state index in [0.29, 0.717) is 11.4 Å². The number of aromatic nitrogens is 2. The summed E-state index contributed by atoms with van der Waals surface area (Å²) < 4.78 is 0. The average Bonchev–Trinajstić information content (AvgIpc) is 2.82. The molecule has 1 N–H and O–H groups in total. The molecule has 80 valence electrons. The lowest BCUT2D eigenvalue weighted by Crippen LogP contribution is -2.00. The van der Waals surface area contributed by atoms with Gasteiger partial charge in [-0.05, 0) is 24.1 Å². The predicted molar refractivity (Wildman–Crippen MR) is 62.1 cm³/mol. The van der Waals surface area contributed by atoms with Gasteiger partial charge in [-0.2, -0.15) is 5.26 Å². The summed E-state index contributed by atoms with van der Waals surface area (Å²) >= 11 is 5.80. The second-order valence-corrected chi connectivity index (χ2v) is 3.94. The Kier molecular flexibility index (Phi) is 3.23. The summed E-state index contributed by atoms with van der Waals surface area (Å²) in [7, 11) is 0. The highest BCUT2D eigenvalue weighted by atomic mass is 35.5. The zero-order valence-electron chi connectivity index (χ0n) is 8.52. The topological polar surface area (TPSA) is 52.5 Å². The predicted octanol–water partition coefficient (Wildman–Crippen LogP) is 2.91. The van der Waals surface area contributed by atoms with Crippen molar-refractivity contribution in [1.29, 1.82) is 5.26 Å². The Morgan fingerprint density at radius 1 is 1.38 bits per heavy atom. The summed E-state index contributed by atoms with van der Waals surface area (Å²) in [6.45, 7) is 0. The van der Waals surface area contributed by atoms with Gasteiger partial charge in [0.1, 0.15) is 0 Å². The van der Waals surface area contributed by atoms with Crippen LogP contribution in [-0.2, 0) is 6.42 Å². The van der Waals surface area contributed by atoms with E-state index >= 15 is 0 Å². The molecule has 0 spiro atoms. The van der Waals surface area contributed by atoms with Gasteiger partial charge in [-0.3, -0.25) is 0 Å². The summed E-state index contributed by atoms with van der Waals surface area (Å²) in [5.41, 5.74) is 1.86. The zero-order chi connectivity index (χ0) is 11.4. The fourth-order valence-electron chi connectivity index (χ4n) is 1.53. The molecular weight excluding hydrogens is 222 g/mol. The molecule has 0 saturated heterocycles. The first-order valence-corrected chi connectivity index (χ1v) is 5.30. The van der Waals surface area contributed by atoms with Gasteiger partial charge in [-0.1, -0.05) is 23.7 Å². The van der Waals surface area contributed by atoms with Crippen LogP contribution in [0.4, 0.5) is 0 Å². The molecule has 0 fully saturated rings. The van der Waals surface area contributed by atoms with E-state index in [1.807, 2.05) is 24.3 Å². The number of benzene rings is 1. The van der Waals surface area contributed by atoms with Crippen LogP contribution < -0.4 is 0 Å². The Hall–Kier alpha value is -1.79. The molecule has 3 nitrogen and oxygen atoms in total. The molecule has 1 aromatic heterocycles. The minimum Gasteiger partial charge on any atom is -0.351 e. The van der Waals surface area contributed by atoms with Gasteiger partial charge in [0.25, 0.3) is 0 Å². The molecule has 0 amide bonds.